The highest BCUT2D eigenvalue weighted by molar-refractivity contribution is 5.21. The van der Waals surface area contributed by atoms with Crippen LogP contribution in [0.1, 0.15) is 19.4 Å². The Morgan fingerprint density at radius 1 is 1.38 bits per heavy atom. The van der Waals surface area contributed by atoms with Gasteiger partial charge in [-0.05, 0) is 31.5 Å². The first-order valence-electron chi connectivity index (χ1n) is 5.22. The Morgan fingerprint density at radius 3 is 2.44 bits per heavy atom. The molecule has 1 atom stereocenters. The third kappa shape index (κ3) is 3.56. The maximum absolute atomic E-state index is 12.7. The van der Waals surface area contributed by atoms with Crippen LogP contribution in [0.3, 0.4) is 0 Å². The summed E-state index contributed by atoms with van der Waals surface area (Å²) >= 11 is 0. The van der Waals surface area contributed by atoms with Gasteiger partial charge in [-0.25, -0.2) is 4.39 Å². The minimum absolute atomic E-state index is 0.112. The van der Waals surface area contributed by atoms with Gasteiger partial charge < -0.3 is 15.6 Å². The van der Waals surface area contributed by atoms with Crippen molar-refractivity contribution in [2.45, 2.75) is 25.5 Å². The van der Waals surface area contributed by atoms with Gasteiger partial charge in [0.2, 0.25) is 0 Å². The maximum atomic E-state index is 12.7. The molecule has 0 spiro atoms. The summed E-state index contributed by atoms with van der Waals surface area (Å²) in [5, 5.41) is 8.78. The highest BCUT2D eigenvalue weighted by Crippen LogP contribution is 2.24. The van der Waals surface area contributed by atoms with Crippen molar-refractivity contribution in [3.63, 3.8) is 0 Å². The topological polar surface area (TPSA) is 55.5 Å². The SMILES string of the molecule is CC(C)(OCC(N)CO)c1ccc(F)cc1. The first kappa shape index (κ1) is 13.1. The fourth-order valence-corrected chi connectivity index (χ4v) is 1.30. The quantitative estimate of drug-likeness (QED) is 0.799. The summed E-state index contributed by atoms with van der Waals surface area (Å²) in [6.45, 7) is 3.91. The van der Waals surface area contributed by atoms with Gasteiger partial charge in [0.25, 0.3) is 0 Å². The van der Waals surface area contributed by atoms with Crippen LogP contribution in [0.5, 0.6) is 0 Å². The number of aliphatic hydroxyl groups is 1. The lowest BCUT2D eigenvalue weighted by Crippen LogP contribution is -2.34. The molecule has 1 unspecified atom stereocenters. The fourth-order valence-electron chi connectivity index (χ4n) is 1.30. The van der Waals surface area contributed by atoms with Gasteiger partial charge in [-0.3, -0.25) is 0 Å². The van der Waals surface area contributed by atoms with Crippen molar-refractivity contribution in [3.8, 4) is 0 Å². The molecule has 0 aliphatic rings. The van der Waals surface area contributed by atoms with Gasteiger partial charge in [0, 0.05) is 0 Å². The second-order valence-electron chi connectivity index (χ2n) is 4.27. The number of nitrogens with two attached hydrogens (primary N) is 1. The largest absolute Gasteiger partial charge is 0.395 e. The first-order valence-corrected chi connectivity index (χ1v) is 5.22. The summed E-state index contributed by atoms with van der Waals surface area (Å²) in [4.78, 5) is 0. The number of aliphatic hydroxyl groups excluding tert-OH is 1. The van der Waals surface area contributed by atoms with Gasteiger partial charge in [0.15, 0.2) is 0 Å². The van der Waals surface area contributed by atoms with E-state index in [-0.39, 0.29) is 25.1 Å². The third-order valence-electron chi connectivity index (χ3n) is 2.43. The standard InChI is InChI=1S/C12H18FNO2/c1-12(2,16-8-11(14)7-15)9-3-5-10(13)6-4-9/h3-6,11,15H,7-8,14H2,1-2H3. The molecule has 90 valence electrons. The average Bonchev–Trinajstić information content (AvgIpc) is 2.26. The monoisotopic (exact) mass is 227 g/mol. The molecule has 3 nitrogen and oxygen atoms in total. The second kappa shape index (κ2) is 5.39. The van der Waals surface area contributed by atoms with Crippen LogP contribution in [0.15, 0.2) is 24.3 Å². The highest BCUT2D eigenvalue weighted by Gasteiger charge is 2.22. The normalized spacial score (nSPS) is 13.8. The Kier molecular flexibility index (Phi) is 4.41. The molecule has 0 radical (unpaired) electrons. The van der Waals surface area contributed by atoms with E-state index < -0.39 is 5.60 Å². The molecule has 0 aliphatic carbocycles. The first-order chi connectivity index (χ1) is 7.45. The smallest absolute Gasteiger partial charge is 0.123 e. The molecule has 0 aliphatic heterocycles. The van der Waals surface area contributed by atoms with Crippen molar-refractivity contribution in [2.24, 2.45) is 5.73 Å². The van der Waals surface area contributed by atoms with Crippen molar-refractivity contribution in [3.05, 3.63) is 35.6 Å². The number of ether oxygens (including phenoxy) is 1. The van der Waals surface area contributed by atoms with E-state index in [4.69, 9.17) is 15.6 Å². The Balaban J connectivity index is 2.66. The zero-order valence-corrected chi connectivity index (χ0v) is 9.61. The van der Waals surface area contributed by atoms with Crippen molar-refractivity contribution in [2.75, 3.05) is 13.2 Å². The van der Waals surface area contributed by atoms with E-state index in [1.165, 1.54) is 12.1 Å². The molecule has 0 saturated carbocycles. The van der Waals surface area contributed by atoms with Gasteiger partial charge in [-0.15, -0.1) is 0 Å². The van der Waals surface area contributed by atoms with Crippen molar-refractivity contribution in [1.29, 1.82) is 0 Å². The molecule has 0 bridgehead atoms. The van der Waals surface area contributed by atoms with Crippen LogP contribution in [0, 0.1) is 5.82 Å². The summed E-state index contributed by atoms with van der Waals surface area (Å²) < 4.78 is 18.4. The Bertz CT molecular complexity index is 324. The second-order valence-corrected chi connectivity index (χ2v) is 4.27. The lowest BCUT2D eigenvalue weighted by molar-refractivity contribution is -0.0334. The lowest BCUT2D eigenvalue weighted by Gasteiger charge is -2.27. The van der Waals surface area contributed by atoms with Crippen molar-refractivity contribution < 1.29 is 14.2 Å². The number of hydrogen-bond donors (Lipinski definition) is 2. The maximum Gasteiger partial charge on any atom is 0.123 e. The van der Waals surface area contributed by atoms with Gasteiger partial charge in [0.1, 0.15) is 5.82 Å². The predicted molar refractivity (Wildman–Crippen MR) is 60.4 cm³/mol. The van der Waals surface area contributed by atoms with E-state index in [1.807, 2.05) is 13.8 Å². The van der Waals surface area contributed by atoms with E-state index in [1.54, 1.807) is 12.1 Å². The van der Waals surface area contributed by atoms with Crippen LogP contribution in [-0.2, 0) is 10.3 Å². The molecule has 0 amide bonds. The van der Waals surface area contributed by atoms with E-state index >= 15 is 0 Å². The number of benzene rings is 1. The van der Waals surface area contributed by atoms with Crippen LogP contribution in [0.25, 0.3) is 0 Å². The average molecular weight is 227 g/mol. The van der Waals surface area contributed by atoms with Crippen LogP contribution in [0.4, 0.5) is 4.39 Å². The zero-order chi connectivity index (χ0) is 12.2. The summed E-state index contributed by atoms with van der Waals surface area (Å²) in [7, 11) is 0. The van der Waals surface area contributed by atoms with E-state index in [0.717, 1.165) is 5.56 Å². The summed E-state index contributed by atoms with van der Waals surface area (Å²) in [5.74, 6) is -0.272. The Labute approximate surface area is 95.0 Å². The summed E-state index contributed by atoms with van der Waals surface area (Å²) in [6, 6.07) is 5.76. The molecule has 0 heterocycles. The van der Waals surface area contributed by atoms with Crippen molar-refractivity contribution in [1.82, 2.24) is 0 Å². The molecule has 4 heteroatoms. The van der Waals surface area contributed by atoms with Gasteiger partial charge >= 0.3 is 0 Å². The van der Waals surface area contributed by atoms with Crippen molar-refractivity contribution >= 4 is 0 Å². The van der Waals surface area contributed by atoms with Gasteiger partial charge in [0.05, 0.1) is 24.9 Å². The minimum Gasteiger partial charge on any atom is -0.395 e. The predicted octanol–water partition coefficient (Wildman–Crippen LogP) is 1.40. The summed E-state index contributed by atoms with van der Waals surface area (Å²) in [5.41, 5.74) is 5.88. The Morgan fingerprint density at radius 2 is 1.94 bits per heavy atom. The molecule has 0 fully saturated rings. The molecule has 1 rings (SSSR count). The van der Waals surface area contributed by atoms with Crippen LogP contribution < -0.4 is 5.73 Å². The number of halogens is 1. The molecule has 0 saturated heterocycles. The van der Waals surface area contributed by atoms with E-state index in [9.17, 15) is 4.39 Å². The summed E-state index contributed by atoms with van der Waals surface area (Å²) in [6.07, 6.45) is 0. The zero-order valence-electron chi connectivity index (χ0n) is 9.61. The number of rotatable bonds is 5. The third-order valence-corrected chi connectivity index (χ3v) is 2.43. The van der Waals surface area contributed by atoms with Crippen LogP contribution in [0.2, 0.25) is 0 Å². The van der Waals surface area contributed by atoms with E-state index in [0.29, 0.717) is 0 Å². The van der Waals surface area contributed by atoms with Gasteiger partial charge in [-0.1, -0.05) is 12.1 Å². The molecular weight excluding hydrogens is 209 g/mol. The molecule has 3 N–H and O–H groups in total. The van der Waals surface area contributed by atoms with Gasteiger partial charge in [-0.2, -0.15) is 0 Å². The number of hydrogen-bond acceptors (Lipinski definition) is 3. The van der Waals surface area contributed by atoms with Crippen LogP contribution in [-0.4, -0.2) is 24.4 Å². The lowest BCUT2D eigenvalue weighted by atomic mass is 9.98. The molecule has 16 heavy (non-hydrogen) atoms. The van der Waals surface area contributed by atoms with Crippen LogP contribution >= 0.6 is 0 Å². The molecule has 1 aromatic carbocycles. The Hall–Kier alpha value is -0.970. The molecule has 0 aromatic heterocycles. The molecule has 1 aromatic rings. The minimum atomic E-state index is -0.541. The fraction of sp³-hybridized carbons (Fsp3) is 0.500. The molecular formula is C12H18FNO2. The van der Waals surface area contributed by atoms with E-state index in [2.05, 4.69) is 0 Å². The highest BCUT2D eigenvalue weighted by atomic mass is 19.1.